The van der Waals surface area contributed by atoms with Crippen molar-refractivity contribution in [1.82, 2.24) is 0 Å². The van der Waals surface area contributed by atoms with E-state index in [1.807, 2.05) is 0 Å². The van der Waals surface area contributed by atoms with Gasteiger partial charge in [-0.1, -0.05) is 0 Å². The SMILES string of the molecule is N#CCC(C(CC#N)(P(=O)(O)O)P(=O)(O)O)(P(=O)(O)O)P(=O)(O)O. The molecular weight excluding hydrogens is 416 g/mol. The van der Waals surface area contributed by atoms with Crippen LogP contribution in [0.4, 0.5) is 0 Å². The zero-order chi connectivity index (χ0) is 19.8. The number of nitrogens with zero attached hydrogens (tertiary/aromatic N) is 2. The summed E-state index contributed by atoms with van der Waals surface area (Å²) in [4.78, 5) is 65.8. The van der Waals surface area contributed by atoms with Crippen LogP contribution in [-0.2, 0) is 18.3 Å². The van der Waals surface area contributed by atoms with Gasteiger partial charge in [-0.15, -0.1) is 0 Å². The fourth-order valence-electron chi connectivity index (χ4n) is 2.19. The van der Waals surface area contributed by atoms with Gasteiger partial charge in [0, 0.05) is 0 Å². The molecule has 18 heteroatoms. The predicted octanol–water partition coefficient (Wildman–Crippen LogP) is -1.08. The molecule has 0 fully saturated rings. The van der Waals surface area contributed by atoms with Crippen LogP contribution in [-0.4, -0.2) is 48.9 Å². The molecule has 0 rings (SSSR count). The number of hydrogen-bond donors (Lipinski definition) is 8. The van der Waals surface area contributed by atoms with Crippen molar-refractivity contribution < 1.29 is 57.4 Å². The maximum Gasteiger partial charge on any atom is 0.346 e. The lowest BCUT2D eigenvalue weighted by Gasteiger charge is -2.47. The van der Waals surface area contributed by atoms with Crippen molar-refractivity contribution in [3.63, 3.8) is 0 Å². The molecule has 0 aliphatic heterocycles. The number of hydrogen-bond acceptors (Lipinski definition) is 6. The molecule has 0 spiro atoms. The van der Waals surface area contributed by atoms with Crippen LogP contribution >= 0.6 is 30.4 Å². The topological polar surface area (TPSA) is 278 Å². The molecule has 138 valence electrons. The standard InChI is InChI=1S/C6H12N2O12P4/c7-3-1-5(21(9,10)11,22(12,13)14)6(2-4-8,23(15,16)17)24(18,19)20/h1-2H2,(H2,9,10,11)(H2,12,13,14)(H2,15,16,17)(H2,18,19,20). The van der Waals surface area contributed by atoms with Crippen molar-refractivity contribution in [1.29, 1.82) is 10.5 Å². The van der Waals surface area contributed by atoms with Crippen LogP contribution in [0, 0.1) is 22.7 Å². The Morgan fingerprint density at radius 2 is 0.750 bits per heavy atom. The first-order chi connectivity index (χ1) is 10.4. The van der Waals surface area contributed by atoms with Gasteiger partial charge in [0.05, 0.1) is 25.0 Å². The first-order valence-electron chi connectivity index (χ1n) is 5.34. The Hall–Kier alpha value is -0.420. The first-order valence-corrected chi connectivity index (χ1v) is 11.8. The molecule has 24 heavy (non-hydrogen) atoms. The van der Waals surface area contributed by atoms with E-state index in [4.69, 9.17) is 10.5 Å². The Kier molecular flexibility index (Phi) is 6.59. The van der Waals surface area contributed by atoms with Crippen molar-refractivity contribution >= 4 is 30.4 Å². The molecule has 0 saturated heterocycles. The molecule has 0 bridgehead atoms. The minimum Gasteiger partial charge on any atom is -0.324 e. The van der Waals surface area contributed by atoms with E-state index in [-0.39, 0.29) is 0 Å². The third-order valence-corrected chi connectivity index (χ3v) is 13.1. The summed E-state index contributed by atoms with van der Waals surface area (Å²) < 4.78 is 47.0. The normalized spacial score (nSPS) is 14.8. The van der Waals surface area contributed by atoms with E-state index < -0.39 is 53.0 Å². The van der Waals surface area contributed by atoms with Crippen LogP contribution in [0.5, 0.6) is 0 Å². The number of rotatable bonds is 7. The molecule has 0 atom stereocenters. The second-order valence-corrected chi connectivity index (χ2v) is 12.6. The molecule has 0 aliphatic carbocycles. The third kappa shape index (κ3) is 3.31. The monoisotopic (exact) mass is 428 g/mol. The first kappa shape index (κ1) is 23.6. The van der Waals surface area contributed by atoms with E-state index in [2.05, 4.69) is 0 Å². The molecule has 0 unspecified atom stereocenters. The summed E-state index contributed by atoms with van der Waals surface area (Å²) >= 11 is 0. The highest BCUT2D eigenvalue weighted by Crippen LogP contribution is 2.88. The summed E-state index contributed by atoms with van der Waals surface area (Å²) in [5.74, 6) is 0. The average molecular weight is 428 g/mol. The molecule has 0 heterocycles. The van der Waals surface area contributed by atoms with Gasteiger partial charge in [0.2, 0.25) is 9.79 Å². The highest BCUT2D eigenvalue weighted by molar-refractivity contribution is 7.80. The van der Waals surface area contributed by atoms with E-state index >= 15 is 0 Å². The molecular formula is C6H12N2O12P4. The summed E-state index contributed by atoms with van der Waals surface area (Å²) in [5, 5.41) is 17.3. The summed E-state index contributed by atoms with van der Waals surface area (Å²) in [6, 6.07) is 1.70. The van der Waals surface area contributed by atoms with Gasteiger partial charge in [-0.05, 0) is 0 Å². The fraction of sp³-hybridized carbons (Fsp3) is 0.667. The lowest BCUT2D eigenvalue weighted by atomic mass is 10.1. The van der Waals surface area contributed by atoms with Gasteiger partial charge >= 0.3 is 30.4 Å². The van der Waals surface area contributed by atoms with Gasteiger partial charge in [-0.3, -0.25) is 18.3 Å². The summed E-state index contributed by atoms with van der Waals surface area (Å²) in [6.07, 6.45) is -4.11. The molecule has 0 aromatic heterocycles. The van der Waals surface area contributed by atoms with Crippen LogP contribution in [0.3, 0.4) is 0 Å². The van der Waals surface area contributed by atoms with Crippen LogP contribution < -0.4 is 0 Å². The van der Waals surface area contributed by atoms with E-state index in [1.165, 1.54) is 0 Å². The molecule has 14 nitrogen and oxygen atoms in total. The van der Waals surface area contributed by atoms with Crippen LogP contribution in [0.15, 0.2) is 0 Å². The fourth-order valence-corrected chi connectivity index (χ4v) is 11.3. The van der Waals surface area contributed by atoms with Crippen molar-refractivity contribution in [3.8, 4) is 12.1 Å². The lowest BCUT2D eigenvalue weighted by molar-refractivity contribution is 0.249. The number of nitriles is 2. The summed E-state index contributed by atoms with van der Waals surface area (Å²) in [6.45, 7) is 0. The third-order valence-electron chi connectivity index (χ3n) is 3.22. The van der Waals surface area contributed by atoms with E-state index in [0.717, 1.165) is 12.1 Å². The van der Waals surface area contributed by atoms with Crippen molar-refractivity contribution in [3.05, 3.63) is 0 Å². The van der Waals surface area contributed by atoms with Crippen LogP contribution in [0.25, 0.3) is 0 Å². The second-order valence-electron chi connectivity index (χ2n) is 4.48. The molecule has 0 amide bonds. The van der Waals surface area contributed by atoms with Crippen molar-refractivity contribution in [2.45, 2.75) is 22.6 Å². The van der Waals surface area contributed by atoms with Crippen molar-refractivity contribution in [2.75, 3.05) is 0 Å². The Balaban J connectivity index is 7.81. The summed E-state index contributed by atoms with van der Waals surface area (Å²) in [7, 11) is -26.0. The smallest absolute Gasteiger partial charge is 0.324 e. The Morgan fingerprint density at radius 1 is 0.583 bits per heavy atom. The Labute approximate surface area is 134 Å². The van der Waals surface area contributed by atoms with Crippen LogP contribution in [0.2, 0.25) is 0 Å². The Bertz CT molecular complexity index is 658. The Morgan fingerprint density at radius 3 is 0.833 bits per heavy atom. The molecule has 0 aromatic carbocycles. The minimum absolute atomic E-state index is 0.849. The van der Waals surface area contributed by atoms with Gasteiger partial charge in [-0.25, -0.2) is 0 Å². The van der Waals surface area contributed by atoms with Crippen LogP contribution in [0.1, 0.15) is 12.8 Å². The maximum absolute atomic E-state index is 11.8. The van der Waals surface area contributed by atoms with Gasteiger partial charge in [0.15, 0.2) is 0 Å². The summed E-state index contributed by atoms with van der Waals surface area (Å²) in [5.41, 5.74) is 0. The predicted molar refractivity (Wildman–Crippen MR) is 74.1 cm³/mol. The molecule has 0 aliphatic rings. The zero-order valence-corrected chi connectivity index (χ0v) is 14.9. The second kappa shape index (κ2) is 6.71. The molecule has 8 N–H and O–H groups in total. The zero-order valence-electron chi connectivity index (χ0n) is 11.3. The van der Waals surface area contributed by atoms with Gasteiger partial charge in [-0.2, -0.15) is 10.5 Å². The largest absolute Gasteiger partial charge is 0.346 e. The highest BCUT2D eigenvalue weighted by atomic mass is 31.3. The molecule has 0 saturated carbocycles. The lowest BCUT2D eigenvalue weighted by Crippen LogP contribution is -2.52. The van der Waals surface area contributed by atoms with E-state index in [0.29, 0.717) is 0 Å². The van der Waals surface area contributed by atoms with E-state index in [9.17, 15) is 57.4 Å². The minimum atomic E-state index is -6.51. The maximum atomic E-state index is 11.8. The van der Waals surface area contributed by atoms with Crippen molar-refractivity contribution in [2.24, 2.45) is 0 Å². The van der Waals surface area contributed by atoms with Gasteiger partial charge in [0.25, 0.3) is 0 Å². The van der Waals surface area contributed by atoms with Gasteiger partial charge in [0.1, 0.15) is 0 Å². The quantitative estimate of drug-likeness (QED) is 0.224. The van der Waals surface area contributed by atoms with E-state index in [1.54, 1.807) is 0 Å². The van der Waals surface area contributed by atoms with Gasteiger partial charge < -0.3 is 39.1 Å². The highest BCUT2D eigenvalue weighted by Gasteiger charge is 2.83. The average Bonchev–Trinajstić information content (AvgIpc) is 2.27. The molecule has 0 aromatic rings. The molecule has 0 radical (unpaired) electrons.